The Morgan fingerprint density at radius 1 is 1.47 bits per heavy atom. The van der Waals surface area contributed by atoms with E-state index >= 15 is 0 Å². The number of hydrogen-bond donors (Lipinski definition) is 1. The van der Waals surface area contributed by atoms with Crippen LogP contribution < -0.4 is 0 Å². The van der Waals surface area contributed by atoms with Crippen LogP contribution in [0.4, 0.5) is 4.39 Å². The Bertz CT molecular complexity index is 459. The van der Waals surface area contributed by atoms with Crippen LogP contribution >= 0.6 is 0 Å². The van der Waals surface area contributed by atoms with E-state index in [0.717, 1.165) is 12.8 Å². The normalized spacial score (nSPS) is 23.3. The van der Waals surface area contributed by atoms with Crippen LogP contribution in [0.15, 0.2) is 18.2 Å². The molecule has 2 atom stereocenters. The highest BCUT2D eigenvalue weighted by Crippen LogP contribution is 2.26. The summed E-state index contributed by atoms with van der Waals surface area (Å²) in [5.74, 6) is -1.27. The summed E-state index contributed by atoms with van der Waals surface area (Å²) < 4.78 is 19.0. The SMILES string of the molecule is CC1CCCC(OCc2ccc(F)c(C(=O)O)c2)C1. The van der Waals surface area contributed by atoms with E-state index in [1.165, 1.54) is 25.0 Å². The zero-order valence-corrected chi connectivity index (χ0v) is 11.1. The van der Waals surface area contributed by atoms with Crippen molar-refractivity contribution in [3.8, 4) is 0 Å². The van der Waals surface area contributed by atoms with Gasteiger partial charge in [0.1, 0.15) is 5.82 Å². The largest absolute Gasteiger partial charge is 0.478 e. The average Bonchev–Trinajstić information content (AvgIpc) is 2.37. The number of carbonyl (C=O) groups is 1. The Balaban J connectivity index is 1.96. The summed E-state index contributed by atoms with van der Waals surface area (Å²) in [5, 5.41) is 8.86. The molecule has 0 amide bonds. The minimum Gasteiger partial charge on any atom is -0.478 e. The zero-order chi connectivity index (χ0) is 13.8. The number of rotatable bonds is 4. The molecule has 1 saturated carbocycles. The van der Waals surface area contributed by atoms with Gasteiger partial charge in [0.2, 0.25) is 0 Å². The van der Waals surface area contributed by atoms with Crippen molar-refractivity contribution in [1.29, 1.82) is 0 Å². The van der Waals surface area contributed by atoms with Gasteiger partial charge in [-0.05, 0) is 36.5 Å². The van der Waals surface area contributed by atoms with Crippen LogP contribution in [-0.2, 0) is 11.3 Å². The van der Waals surface area contributed by atoms with Gasteiger partial charge >= 0.3 is 5.97 Å². The van der Waals surface area contributed by atoms with E-state index < -0.39 is 11.8 Å². The molecule has 1 aliphatic carbocycles. The lowest BCUT2D eigenvalue weighted by atomic mass is 9.89. The second kappa shape index (κ2) is 6.15. The topological polar surface area (TPSA) is 46.5 Å². The molecule has 1 aromatic carbocycles. The Morgan fingerprint density at radius 3 is 2.95 bits per heavy atom. The van der Waals surface area contributed by atoms with Gasteiger partial charge in [-0.3, -0.25) is 0 Å². The molecule has 0 radical (unpaired) electrons. The maximum absolute atomic E-state index is 13.2. The van der Waals surface area contributed by atoms with E-state index in [0.29, 0.717) is 18.1 Å². The molecule has 19 heavy (non-hydrogen) atoms. The molecule has 4 heteroatoms. The monoisotopic (exact) mass is 266 g/mol. The predicted octanol–water partition coefficient (Wildman–Crippen LogP) is 3.62. The van der Waals surface area contributed by atoms with Crippen LogP contribution in [-0.4, -0.2) is 17.2 Å². The van der Waals surface area contributed by atoms with Gasteiger partial charge in [0.15, 0.2) is 0 Å². The highest BCUT2D eigenvalue weighted by Gasteiger charge is 2.19. The van der Waals surface area contributed by atoms with Crippen molar-refractivity contribution in [1.82, 2.24) is 0 Å². The second-order valence-electron chi connectivity index (χ2n) is 5.32. The van der Waals surface area contributed by atoms with E-state index in [4.69, 9.17) is 9.84 Å². The molecule has 3 nitrogen and oxygen atoms in total. The van der Waals surface area contributed by atoms with Crippen LogP contribution in [0, 0.1) is 11.7 Å². The molecule has 1 aromatic rings. The molecule has 0 spiro atoms. The summed E-state index contributed by atoms with van der Waals surface area (Å²) in [7, 11) is 0. The average molecular weight is 266 g/mol. The van der Waals surface area contributed by atoms with E-state index in [1.54, 1.807) is 6.07 Å². The van der Waals surface area contributed by atoms with Crippen LogP contribution in [0.1, 0.15) is 48.5 Å². The molecule has 0 heterocycles. The molecule has 0 saturated heterocycles. The molecule has 0 aromatic heterocycles. The lowest BCUT2D eigenvalue weighted by Gasteiger charge is -2.26. The molecule has 0 aliphatic heterocycles. The van der Waals surface area contributed by atoms with Crippen molar-refractivity contribution in [2.24, 2.45) is 5.92 Å². The third-order valence-corrected chi connectivity index (χ3v) is 3.64. The number of carboxylic acids is 1. The van der Waals surface area contributed by atoms with Gasteiger partial charge in [0, 0.05) is 0 Å². The zero-order valence-electron chi connectivity index (χ0n) is 11.1. The Labute approximate surface area is 112 Å². The number of hydrogen-bond acceptors (Lipinski definition) is 2. The molecule has 1 aliphatic rings. The molecule has 1 fully saturated rings. The highest BCUT2D eigenvalue weighted by atomic mass is 19.1. The number of ether oxygens (including phenoxy) is 1. The van der Waals surface area contributed by atoms with Gasteiger partial charge in [-0.15, -0.1) is 0 Å². The minimum absolute atomic E-state index is 0.238. The first-order valence-electron chi connectivity index (χ1n) is 6.69. The van der Waals surface area contributed by atoms with Crippen molar-refractivity contribution in [3.05, 3.63) is 35.1 Å². The maximum atomic E-state index is 13.2. The Hall–Kier alpha value is -1.42. The summed E-state index contributed by atoms with van der Waals surface area (Å²) in [6, 6.07) is 4.11. The molecule has 1 N–H and O–H groups in total. The van der Waals surface area contributed by atoms with Crippen LogP contribution in [0.5, 0.6) is 0 Å². The lowest BCUT2D eigenvalue weighted by Crippen LogP contribution is -2.21. The lowest BCUT2D eigenvalue weighted by molar-refractivity contribution is 0.00463. The van der Waals surface area contributed by atoms with Crippen LogP contribution in [0.2, 0.25) is 0 Å². The van der Waals surface area contributed by atoms with E-state index in [-0.39, 0.29) is 11.7 Å². The van der Waals surface area contributed by atoms with Gasteiger partial charge in [-0.2, -0.15) is 0 Å². The molecule has 2 rings (SSSR count). The molecular weight excluding hydrogens is 247 g/mol. The fourth-order valence-electron chi connectivity index (χ4n) is 2.57. The van der Waals surface area contributed by atoms with Crippen molar-refractivity contribution in [2.45, 2.75) is 45.3 Å². The van der Waals surface area contributed by atoms with Crippen LogP contribution in [0.25, 0.3) is 0 Å². The smallest absolute Gasteiger partial charge is 0.338 e. The molecule has 2 unspecified atom stereocenters. The van der Waals surface area contributed by atoms with E-state index in [9.17, 15) is 9.18 Å². The van der Waals surface area contributed by atoms with Gasteiger partial charge in [0.05, 0.1) is 18.3 Å². The third kappa shape index (κ3) is 3.77. The Morgan fingerprint density at radius 2 is 2.26 bits per heavy atom. The fourth-order valence-corrected chi connectivity index (χ4v) is 2.57. The number of carboxylic acid groups (broad SMARTS) is 1. The first-order valence-corrected chi connectivity index (χ1v) is 6.69. The van der Waals surface area contributed by atoms with Gasteiger partial charge in [-0.1, -0.05) is 25.8 Å². The second-order valence-corrected chi connectivity index (χ2v) is 5.32. The number of halogens is 1. The van der Waals surface area contributed by atoms with Gasteiger partial charge in [-0.25, -0.2) is 9.18 Å². The van der Waals surface area contributed by atoms with Crippen molar-refractivity contribution in [3.63, 3.8) is 0 Å². The third-order valence-electron chi connectivity index (χ3n) is 3.64. The number of aromatic carboxylic acids is 1. The van der Waals surface area contributed by atoms with Crippen LogP contribution in [0.3, 0.4) is 0 Å². The summed E-state index contributed by atoms with van der Waals surface area (Å²) >= 11 is 0. The standard InChI is InChI=1S/C15H19FO3/c1-10-3-2-4-12(7-10)19-9-11-5-6-14(16)13(8-11)15(17)18/h5-6,8,10,12H,2-4,7,9H2,1H3,(H,17,18). The van der Waals surface area contributed by atoms with E-state index in [1.807, 2.05) is 0 Å². The highest BCUT2D eigenvalue weighted by molar-refractivity contribution is 5.88. The van der Waals surface area contributed by atoms with Crippen molar-refractivity contribution >= 4 is 5.97 Å². The van der Waals surface area contributed by atoms with Crippen molar-refractivity contribution in [2.75, 3.05) is 0 Å². The molecule has 104 valence electrons. The summed E-state index contributed by atoms with van der Waals surface area (Å²) in [6.45, 7) is 2.56. The Kier molecular flexibility index (Phi) is 4.53. The van der Waals surface area contributed by atoms with Gasteiger partial charge in [0.25, 0.3) is 0 Å². The first kappa shape index (κ1) is 14.0. The predicted molar refractivity (Wildman–Crippen MR) is 69.6 cm³/mol. The summed E-state index contributed by atoms with van der Waals surface area (Å²) in [4.78, 5) is 10.8. The fraction of sp³-hybridized carbons (Fsp3) is 0.533. The summed E-state index contributed by atoms with van der Waals surface area (Å²) in [6.07, 6.45) is 4.77. The minimum atomic E-state index is -1.24. The summed E-state index contributed by atoms with van der Waals surface area (Å²) in [5.41, 5.74) is 0.412. The van der Waals surface area contributed by atoms with E-state index in [2.05, 4.69) is 6.92 Å². The number of benzene rings is 1. The first-order chi connectivity index (χ1) is 9.06. The maximum Gasteiger partial charge on any atom is 0.338 e. The van der Waals surface area contributed by atoms with Crippen molar-refractivity contribution < 1.29 is 19.0 Å². The quantitative estimate of drug-likeness (QED) is 0.905. The molecular formula is C15H19FO3. The van der Waals surface area contributed by atoms with Gasteiger partial charge < -0.3 is 9.84 Å². The molecule has 0 bridgehead atoms.